The summed E-state index contributed by atoms with van der Waals surface area (Å²) in [6, 6.07) is 16.8. The molecule has 1 N–H and O–H groups in total. The lowest BCUT2D eigenvalue weighted by Crippen LogP contribution is -2.29. The molecule has 4 nitrogen and oxygen atoms in total. The van der Waals surface area contributed by atoms with Crippen LogP contribution in [0.15, 0.2) is 54.6 Å². The molecule has 0 saturated heterocycles. The number of nitrogens with zero attached hydrogens (tertiary/aromatic N) is 1. The van der Waals surface area contributed by atoms with Crippen LogP contribution in [-0.2, 0) is 29.7 Å². The molecule has 0 aliphatic carbocycles. The first-order valence-electron chi connectivity index (χ1n) is 6.67. The highest BCUT2D eigenvalue weighted by molar-refractivity contribution is 7.88. The van der Waals surface area contributed by atoms with Crippen LogP contribution in [0.5, 0.6) is 0 Å². The minimum absolute atomic E-state index is 0.0138. The summed E-state index contributed by atoms with van der Waals surface area (Å²) in [6.07, 6.45) is 1.22. The van der Waals surface area contributed by atoms with E-state index in [1.807, 2.05) is 42.5 Å². The van der Waals surface area contributed by atoms with Crippen molar-refractivity contribution in [2.24, 2.45) is 0 Å². The monoisotopic (exact) mass is 305 g/mol. The second-order valence-corrected chi connectivity index (χ2v) is 6.97. The van der Waals surface area contributed by atoms with Gasteiger partial charge in [-0.3, -0.25) is 0 Å². The summed E-state index contributed by atoms with van der Waals surface area (Å²) in [5.41, 5.74) is 2.66. The minimum Gasteiger partial charge on any atom is -0.392 e. The van der Waals surface area contributed by atoms with Crippen LogP contribution < -0.4 is 0 Å². The van der Waals surface area contributed by atoms with Gasteiger partial charge in [0.25, 0.3) is 0 Å². The fraction of sp³-hybridized carbons (Fsp3) is 0.250. The highest BCUT2D eigenvalue weighted by Gasteiger charge is 2.17. The Bertz CT molecular complexity index is 666. The third kappa shape index (κ3) is 4.67. The molecule has 0 aliphatic rings. The zero-order valence-corrected chi connectivity index (χ0v) is 12.8. The zero-order valence-electron chi connectivity index (χ0n) is 11.9. The SMILES string of the molecule is CS(=O)(=O)N(Cc1ccccc1)Cc1ccc(CO)cc1. The van der Waals surface area contributed by atoms with Crippen molar-refractivity contribution in [3.05, 3.63) is 71.3 Å². The van der Waals surface area contributed by atoms with E-state index in [9.17, 15) is 8.42 Å². The van der Waals surface area contributed by atoms with Gasteiger partial charge in [0.15, 0.2) is 0 Å². The summed E-state index contributed by atoms with van der Waals surface area (Å²) in [5.74, 6) is 0. The van der Waals surface area contributed by atoms with Gasteiger partial charge in [0, 0.05) is 13.1 Å². The molecule has 0 fully saturated rings. The maximum atomic E-state index is 11.9. The summed E-state index contributed by atoms with van der Waals surface area (Å²) in [4.78, 5) is 0. The molecule has 0 saturated carbocycles. The average molecular weight is 305 g/mol. The Balaban J connectivity index is 2.17. The molecule has 21 heavy (non-hydrogen) atoms. The second-order valence-electron chi connectivity index (χ2n) is 4.99. The van der Waals surface area contributed by atoms with Crippen molar-refractivity contribution in [2.75, 3.05) is 6.26 Å². The summed E-state index contributed by atoms with van der Waals surface area (Å²) >= 11 is 0. The predicted molar refractivity (Wildman–Crippen MR) is 82.9 cm³/mol. The third-order valence-electron chi connectivity index (χ3n) is 3.24. The van der Waals surface area contributed by atoms with Crippen molar-refractivity contribution in [2.45, 2.75) is 19.7 Å². The Morgan fingerprint density at radius 1 is 0.857 bits per heavy atom. The van der Waals surface area contributed by atoms with Gasteiger partial charge in [0.05, 0.1) is 12.9 Å². The van der Waals surface area contributed by atoms with Gasteiger partial charge < -0.3 is 5.11 Å². The summed E-state index contributed by atoms with van der Waals surface area (Å²) in [7, 11) is -3.29. The van der Waals surface area contributed by atoms with Crippen molar-refractivity contribution in [1.82, 2.24) is 4.31 Å². The van der Waals surface area contributed by atoms with Gasteiger partial charge in [-0.25, -0.2) is 8.42 Å². The Morgan fingerprint density at radius 2 is 1.33 bits per heavy atom. The van der Waals surface area contributed by atoms with E-state index in [2.05, 4.69) is 0 Å². The lowest BCUT2D eigenvalue weighted by atomic mass is 10.1. The predicted octanol–water partition coefficient (Wildman–Crippen LogP) is 2.14. The standard InChI is InChI=1S/C16H19NO3S/c1-21(19,20)17(11-14-5-3-2-4-6-14)12-15-7-9-16(13-18)10-8-15/h2-10,18H,11-13H2,1H3. The van der Waals surface area contributed by atoms with Gasteiger partial charge in [-0.15, -0.1) is 0 Å². The molecule has 2 aromatic rings. The molecule has 0 spiro atoms. The number of rotatable bonds is 6. The maximum Gasteiger partial charge on any atom is 0.211 e. The van der Waals surface area contributed by atoms with Crippen LogP contribution in [0.4, 0.5) is 0 Å². The van der Waals surface area contributed by atoms with Crippen molar-refractivity contribution in [1.29, 1.82) is 0 Å². The molecule has 112 valence electrons. The molecule has 2 rings (SSSR count). The van der Waals surface area contributed by atoms with Gasteiger partial charge >= 0.3 is 0 Å². The fourth-order valence-corrected chi connectivity index (χ4v) is 2.80. The molecule has 0 aliphatic heterocycles. The van der Waals surface area contributed by atoms with Crippen LogP contribution in [0.1, 0.15) is 16.7 Å². The van der Waals surface area contributed by atoms with E-state index in [1.165, 1.54) is 10.6 Å². The number of sulfonamides is 1. The molecular formula is C16H19NO3S. The third-order valence-corrected chi connectivity index (χ3v) is 4.43. The van der Waals surface area contributed by atoms with E-state index in [4.69, 9.17) is 5.11 Å². The summed E-state index contributed by atoms with van der Waals surface area (Å²) in [5, 5.41) is 9.03. The van der Waals surface area contributed by atoms with Gasteiger partial charge in [-0.05, 0) is 16.7 Å². The van der Waals surface area contributed by atoms with Crippen molar-refractivity contribution >= 4 is 10.0 Å². The molecule has 0 unspecified atom stereocenters. The Labute approximate surface area is 125 Å². The molecular weight excluding hydrogens is 286 g/mol. The van der Waals surface area contributed by atoms with Gasteiger partial charge in [-0.2, -0.15) is 4.31 Å². The quantitative estimate of drug-likeness (QED) is 0.889. The van der Waals surface area contributed by atoms with Crippen molar-refractivity contribution in [3.63, 3.8) is 0 Å². The van der Waals surface area contributed by atoms with E-state index in [0.717, 1.165) is 16.7 Å². The highest BCUT2D eigenvalue weighted by Crippen LogP contribution is 2.14. The Kier molecular flexibility index (Phi) is 5.12. The van der Waals surface area contributed by atoms with E-state index < -0.39 is 10.0 Å². The molecule has 0 bridgehead atoms. The Hall–Kier alpha value is -1.69. The van der Waals surface area contributed by atoms with Crippen LogP contribution in [0, 0.1) is 0 Å². The molecule has 0 atom stereocenters. The van der Waals surface area contributed by atoms with E-state index in [0.29, 0.717) is 13.1 Å². The molecule has 2 aromatic carbocycles. The van der Waals surface area contributed by atoms with E-state index in [1.54, 1.807) is 12.1 Å². The zero-order chi connectivity index (χ0) is 15.3. The van der Waals surface area contributed by atoms with Crippen LogP contribution >= 0.6 is 0 Å². The molecule has 0 radical (unpaired) electrons. The minimum atomic E-state index is -3.29. The van der Waals surface area contributed by atoms with Crippen LogP contribution in [0.25, 0.3) is 0 Å². The molecule has 5 heteroatoms. The van der Waals surface area contributed by atoms with Gasteiger partial charge in [0.1, 0.15) is 0 Å². The van der Waals surface area contributed by atoms with Crippen molar-refractivity contribution < 1.29 is 13.5 Å². The van der Waals surface area contributed by atoms with E-state index in [-0.39, 0.29) is 6.61 Å². The Morgan fingerprint density at radius 3 is 1.81 bits per heavy atom. The summed E-state index contributed by atoms with van der Waals surface area (Å²) < 4.78 is 25.3. The number of hydrogen-bond donors (Lipinski definition) is 1. The largest absolute Gasteiger partial charge is 0.392 e. The number of benzene rings is 2. The number of hydrogen-bond acceptors (Lipinski definition) is 3. The lowest BCUT2D eigenvalue weighted by molar-refractivity contribution is 0.282. The molecule has 0 heterocycles. The fourth-order valence-electron chi connectivity index (χ4n) is 2.03. The van der Waals surface area contributed by atoms with Gasteiger partial charge in [-0.1, -0.05) is 54.6 Å². The molecule has 0 amide bonds. The highest BCUT2D eigenvalue weighted by atomic mass is 32.2. The maximum absolute atomic E-state index is 11.9. The first-order valence-corrected chi connectivity index (χ1v) is 8.51. The van der Waals surface area contributed by atoms with Crippen LogP contribution in [0.2, 0.25) is 0 Å². The first kappa shape index (κ1) is 15.7. The smallest absolute Gasteiger partial charge is 0.211 e. The number of aliphatic hydroxyl groups is 1. The number of aliphatic hydroxyl groups excluding tert-OH is 1. The summed E-state index contributed by atoms with van der Waals surface area (Å²) in [6.45, 7) is 0.654. The average Bonchev–Trinajstić information content (AvgIpc) is 2.47. The first-order chi connectivity index (χ1) is 9.99. The lowest BCUT2D eigenvalue weighted by Gasteiger charge is -2.20. The van der Waals surface area contributed by atoms with Crippen LogP contribution in [-0.4, -0.2) is 24.1 Å². The topological polar surface area (TPSA) is 57.6 Å². The normalized spacial score (nSPS) is 11.8. The second kappa shape index (κ2) is 6.85. The van der Waals surface area contributed by atoms with E-state index >= 15 is 0 Å². The van der Waals surface area contributed by atoms with Gasteiger partial charge in [0.2, 0.25) is 10.0 Å². The van der Waals surface area contributed by atoms with Crippen molar-refractivity contribution in [3.8, 4) is 0 Å². The molecule has 0 aromatic heterocycles. The van der Waals surface area contributed by atoms with Crippen LogP contribution in [0.3, 0.4) is 0 Å².